The Hall–Kier alpha value is -2.79. The third-order valence-corrected chi connectivity index (χ3v) is 5.33. The quantitative estimate of drug-likeness (QED) is 0.540. The van der Waals surface area contributed by atoms with Gasteiger partial charge >= 0.3 is 0 Å². The number of aryl methyl sites for hydroxylation is 2. The van der Waals surface area contributed by atoms with E-state index in [-0.39, 0.29) is 0 Å². The molecule has 4 aromatic rings. The van der Waals surface area contributed by atoms with E-state index in [0.717, 1.165) is 54.6 Å². The van der Waals surface area contributed by atoms with E-state index in [9.17, 15) is 0 Å². The van der Waals surface area contributed by atoms with Gasteiger partial charge < -0.3 is 0 Å². The molecule has 0 aliphatic rings. The maximum Gasteiger partial charge on any atom is 0.143 e. The Morgan fingerprint density at radius 2 is 2.00 bits per heavy atom. The van der Waals surface area contributed by atoms with Gasteiger partial charge in [-0.15, -0.1) is 11.3 Å². The minimum atomic E-state index is 0.918. The summed E-state index contributed by atoms with van der Waals surface area (Å²) in [4.78, 5) is 10.4. The number of allylic oxidation sites excluding steroid dienone is 1. The van der Waals surface area contributed by atoms with Gasteiger partial charge in [0.1, 0.15) is 10.7 Å². The van der Waals surface area contributed by atoms with Crippen LogP contribution in [0.5, 0.6) is 0 Å². The van der Waals surface area contributed by atoms with Crippen LogP contribution in [0.1, 0.15) is 23.9 Å². The highest BCUT2D eigenvalue weighted by Crippen LogP contribution is 2.39. The SMILES string of the molecule is C=C(C)c1nc(-c2[nH]nc3c(C)cccc23)sc1-c1ccc(C)nc1. The van der Waals surface area contributed by atoms with Gasteiger partial charge in [-0.3, -0.25) is 10.1 Å². The maximum atomic E-state index is 4.85. The first-order valence-electron chi connectivity index (χ1n) is 8.08. The van der Waals surface area contributed by atoms with Crippen LogP contribution in [-0.4, -0.2) is 20.2 Å². The summed E-state index contributed by atoms with van der Waals surface area (Å²) < 4.78 is 0. The molecule has 0 spiro atoms. The van der Waals surface area contributed by atoms with Crippen molar-refractivity contribution in [3.05, 3.63) is 60.1 Å². The Labute approximate surface area is 150 Å². The monoisotopic (exact) mass is 346 g/mol. The molecular weight excluding hydrogens is 328 g/mol. The third kappa shape index (κ3) is 2.66. The molecule has 0 aliphatic heterocycles. The number of para-hydroxylation sites is 1. The second kappa shape index (κ2) is 5.93. The van der Waals surface area contributed by atoms with Gasteiger partial charge in [-0.1, -0.05) is 30.8 Å². The van der Waals surface area contributed by atoms with Crippen molar-refractivity contribution in [1.82, 2.24) is 20.2 Å². The van der Waals surface area contributed by atoms with Crippen LogP contribution in [0.3, 0.4) is 0 Å². The van der Waals surface area contributed by atoms with Gasteiger partial charge in [0.2, 0.25) is 0 Å². The van der Waals surface area contributed by atoms with Gasteiger partial charge in [-0.2, -0.15) is 5.10 Å². The summed E-state index contributed by atoms with van der Waals surface area (Å²) in [5.74, 6) is 0. The summed E-state index contributed by atoms with van der Waals surface area (Å²) in [6.07, 6.45) is 1.90. The molecule has 0 atom stereocenters. The van der Waals surface area contributed by atoms with Gasteiger partial charge in [-0.05, 0) is 38.0 Å². The lowest BCUT2D eigenvalue weighted by Gasteiger charge is -2.01. The first-order chi connectivity index (χ1) is 12.0. The Kier molecular flexibility index (Phi) is 3.73. The number of aromatic nitrogens is 4. The highest BCUT2D eigenvalue weighted by Gasteiger charge is 2.18. The number of pyridine rings is 1. The Bertz CT molecular complexity index is 1090. The van der Waals surface area contributed by atoms with Gasteiger partial charge in [0, 0.05) is 22.8 Å². The number of benzene rings is 1. The molecule has 4 rings (SSSR count). The van der Waals surface area contributed by atoms with E-state index in [0.29, 0.717) is 0 Å². The molecule has 0 radical (unpaired) electrons. The van der Waals surface area contributed by atoms with Crippen molar-refractivity contribution in [2.75, 3.05) is 0 Å². The van der Waals surface area contributed by atoms with E-state index in [4.69, 9.17) is 4.98 Å². The molecule has 0 saturated heterocycles. The van der Waals surface area contributed by atoms with Crippen molar-refractivity contribution in [3.63, 3.8) is 0 Å². The first kappa shape index (κ1) is 15.7. The average Bonchev–Trinajstić information content (AvgIpc) is 3.20. The summed E-state index contributed by atoms with van der Waals surface area (Å²) in [6, 6.07) is 10.3. The predicted molar refractivity (Wildman–Crippen MR) is 105 cm³/mol. The molecule has 3 aromatic heterocycles. The summed E-state index contributed by atoms with van der Waals surface area (Å²) in [7, 11) is 0. The molecule has 1 aromatic carbocycles. The fourth-order valence-electron chi connectivity index (χ4n) is 2.86. The van der Waals surface area contributed by atoms with Gasteiger partial charge in [0.25, 0.3) is 0 Å². The van der Waals surface area contributed by atoms with Gasteiger partial charge in [-0.25, -0.2) is 4.98 Å². The van der Waals surface area contributed by atoms with Crippen LogP contribution in [-0.2, 0) is 0 Å². The number of nitrogens with zero attached hydrogens (tertiary/aromatic N) is 3. The minimum absolute atomic E-state index is 0.918. The van der Waals surface area contributed by atoms with E-state index >= 15 is 0 Å². The molecule has 3 heterocycles. The van der Waals surface area contributed by atoms with Gasteiger partial charge in [0.15, 0.2) is 0 Å². The highest BCUT2D eigenvalue weighted by molar-refractivity contribution is 7.18. The zero-order valence-electron chi connectivity index (χ0n) is 14.4. The topological polar surface area (TPSA) is 54.5 Å². The van der Waals surface area contributed by atoms with Crippen LogP contribution < -0.4 is 0 Å². The number of aromatic amines is 1. The van der Waals surface area contributed by atoms with E-state index in [1.165, 1.54) is 0 Å². The van der Waals surface area contributed by atoms with Crippen LogP contribution >= 0.6 is 11.3 Å². The molecule has 0 unspecified atom stereocenters. The zero-order chi connectivity index (χ0) is 17.6. The molecule has 0 amide bonds. The molecule has 1 N–H and O–H groups in total. The summed E-state index contributed by atoms with van der Waals surface area (Å²) in [6.45, 7) is 10.1. The molecule has 124 valence electrons. The second-order valence-electron chi connectivity index (χ2n) is 6.24. The van der Waals surface area contributed by atoms with Crippen molar-refractivity contribution in [1.29, 1.82) is 0 Å². The van der Waals surface area contributed by atoms with Crippen molar-refractivity contribution in [2.45, 2.75) is 20.8 Å². The fraction of sp³-hybridized carbons (Fsp3) is 0.150. The maximum absolute atomic E-state index is 4.85. The lowest BCUT2D eigenvalue weighted by atomic mass is 10.1. The van der Waals surface area contributed by atoms with Crippen molar-refractivity contribution < 1.29 is 0 Å². The Balaban J connectivity index is 1.91. The zero-order valence-corrected chi connectivity index (χ0v) is 15.2. The van der Waals surface area contributed by atoms with Crippen LogP contribution in [0.2, 0.25) is 0 Å². The standard InChI is InChI=1S/C20H18N4S/c1-11(2)16-19(14-9-8-13(4)21-10-14)25-20(22-16)18-15-7-5-6-12(3)17(15)23-24-18/h5-10H,1H2,2-4H3,(H,23,24). The molecular formula is C20H18N4S. The number of hydrogen-bond donors (Lipinski definition) is 1. The minimum Gasteiger partial charge on any atom is -0.274 e. The largest absolute Gasteiger partial charge is 0.274 e. The summed E-state index contributed by atoms with van der Waals surface area (Å²) >= 11 is 1.64. The normalized spacial score (nSPS) is 11.2. The number of fused-ring (bicyclic) bond motifs is 1. The van der Waals surface area contributed by atoms with E-state index in [1.807, 2.05) is 26.1 Å². The number of hydrogen-bond acceptors (Lipinski definition) is 4. The van der Waals surface area contributed by atoms with E-state index in [2.05, 4.69) is 52.9 Å². The molecule has 0 fully saturated rings. The number of nitrogens with one attached hydrogen (secondary N) is 1. The van der Waals surface area contributed by atoms with Gasteiger partial charge in [0.05, 0.1) is 16.1 Å². The average molecular weight is 346 g/mol. The Morgan fingerprint density at radius 1 is 1.16 bits per heavy atom. The van der Waals surface area contributed by atoms with Crippen molar-refractivity contribution >= 4 is 27.8 Å². The van der Waals surface area contributed by atoms with E-state index < -0.39 is 0 Å². The molecule has 0 bridgehead atoms. The highest BCUT2D eigenvalue weighted by atomic mass is 32.1. The predicted octanol–water partition coefficient (Wildman–Crippen LogP) is 5.40. The first-order valence-corrected chi connectivity index (χ1v) is 8.90. The van der Waals surface area contributed by atoms with Crippen molar-refractivity contribution in [2.24, 2.45) is 0 Å². The van der Waals surface area contributed by atoms with Crippen molar-refractivity contribution in [3.8, 4) is 21.1 Å². The van der Waals surface area contributed by atoms with E-state index in [1.54, 1.807) is 11.3 Å². The van der Waals surface area contributed by atoms with Crippen LogP contribution in [0.25, 0.3) is 37.6 Å². The summed E-state index contributed by atoms with van der Waals surface area (Å²) in [5.41, 5.74) is 7.02. The number of rotatable bonds is 3. The van der Waals surface area contributed by atoms with Crippen LogP contribution in [0, 0.1) is 13.8 Å². The van der Waals surface area contributed by atoms with Crippen LogP contribution in [0.15, 0.2) is 43.1 Å². The summed E-state index contributed by atoms with van der Waals surface area (Å²) in [5, 5.41) is 9.64. The molecule has 4 nitrogen and oxygen atoms in total. The smallest absolute Gasteiger partial charge is 0.143 e. The molecule has 0 saturated carbocycles. The second-order valence-corrected chi connectivity index (χ2v) is 7.23. The lowest BCUT2D eigenvalue weighted by molar-refractivity contribution is 1.11. The molecule has 0 aliphatic carbocycles. The Morgan fingerprint density at radius 3 is 2.72 bits per heavy atom. The fourth-order valence-corrected chi connectivity index (χ4v) is 4.00. The number of thiazole rings is 1. The third-order valence-electron chi connectivity index (χ3n) is 4.21. The number of H-pyrrole nitrogens is 1. The molecule has 5 heteroatoms. The molecule has 25 heavy (non-hydrogen) atoms. The van der Waals surface area contributed by atoms with Crippen LogP contribution in [0.4, 0.5) is 0 Å². The lowest BCUT2D eigenvalue weighted by Crippen LogP contribution is -1.86.